The van der Waals surface area contributed by atoms with Crippen LogP contribution >= 0.6 is 0 Å². The summed E-state index contributed by atoms with van der Waals surface area (Å²) in [5.74, 6) is 0.898. The van der Waals surface area contributed by atoms with Crippen LogP contribution in [0.2, 0.25) is 0 Å². The van der Waals surface area contributed by atoms with Gasteiger partial charge in [-0.05, 0) is 54.6 Å². The van der Waals surface area contributed by atoms with Gasteiger partial charge in [0.25, 0.3) is 0 Å². The Kier molecular flexibility index (Phi) is 4.22. The molecule has 2 N–H and O–H groups in total. The molecular formula is C25H24N3O+. The van der Waals surface area contributed by atoms with Gasteiger partial charge in [0, 0.05) is 17.5 Å². The number of ether oxygens (including phenoxy) is 1. The van der Waals surface area contributed by atoms with Crippen molar-refractivity contribution in [2.45, 2.75) is 13.3 Å². The highest BCUT2D eigenvalue weighted by molar-refractivity contribution is 5.96. The zero-order valence-electron chi connectivity index (χ0n) is 16.7. The Morgan fingerprint density at radius 3 is 2.72 bits per heavy atom. The van der Waals surface area contributed by atoms with Gasteiger partial charge in [0.05, 0.1) is 12.7 Å². The van der Waals surface area contributed by atoms with Gasteiger partial charge in [-0.1, -0.05) is 40.8 Å². The van der Waals surface area contributed by atoms with Crippen LogP contribution in [-0.4, -0.2) is 18.2 Å². The van der Waals surface area contributed by atoms with E-state index in [0.29, 0.717) is 6.54 Å². The molecule has 0 atom stereocenters. The molecule has 1 aliphatic rings. The van der Waals surface area contributed by atoms with Gasteiger partial charge in [-0.15, -0.1) is 4.52 Å². The summed E-state index contributed by atoms with van der Waals surface area (Å²) in [4.78, 5) is 0. The normalized spacial score (nSPS) is 12.9. The predicted octanol–water partition coefficient (Wildman–Crippen LogP) is 4.12. The van der Waals surface area contributed by atoms with Crippen LogP contribution < -0.4 is 14.8 Å². The van der Waals surface area contributed by atoms with Gasteiger partial charge in [0.1, 0.15) is 17.0 Å². The minimum absolute atomic E-state index is 0.647. The topological polar surface area (TPSA) is 45.6 Å². The van der Waals surface area contributed by atoms with Gasteiger partial charge < -0.3 is 10.5 Å². The number of methoxy groups -OCH3 is 1. The highest BCUT2D eigenvalue weighted by atomic mass is 16.5. The summed E-state index contributed by atoms with van der Waals surface area (Å²) in [6.45, 7) is 2.82. The Bertz CT molecular complexity index is 1360. The smallest absolute Gasteiger partial charge is 0.242 e. The molecule has 0 spiro atoms. The molecule has 0 saturated heterocycles. The van der Waals surface area contributed by atoms with Crippen LogP contribution in [0.1, 0.15) is 28.1 Å². The molecule has 4 aromatic rings. The molecule has 0 amide bonds. The molecule has 3 heterocycles. The molecule has 2 aromatic carbocycles. The minimum Gasteiger partial charge on any atom is -0.496 e. The summed E-state index contributed by atoms with van der Waals surface area (Å²) >= 11 is 0. The maximum absolute atomic E-state index is 5.90. The predicted molar refractivity (Wildman–Crippen MR) is 119 cm³/mol. The lowest BCUT2D eigenvalue weighted by atomic mass is 10.0. The van der Waals surface area contributed by atoms with E-state index in [9.17, 15) is 0 Å². The SMILES string of the molecule is COc1ccc(/C=C/c2cc(C)c3c(CCN)c4[n+](n23)=CC=C4)c2ccccc12. The summed E-state index contributed by atoms with van der Waals surface area (Å²) in [6.07, 6.45) is 11.6. The van der Waals surface area contributed by atoms with Crippen molar-refractivity contribution in [3.05, 3.63) is 82.8 Å². The van der Waals surface area contributed by atoms with E-state index in [0.717, 1.165) is 23.3 Å². The Morgan fingerprint density at radius 2 is 1.93 bits per heavy atom. The number of benzene rings is 2. The second kappa shape index (κ2) is 6.90. The van der Waals surface area contributed by atoms with E-state index < -0.39 is 0 Å². The number of hydrogen-bond donors (Lipinski definition) is 1. The first-order valence-electron chi connectivity index (χ1n) is 9.93. The van der Waals surface area contributed by atoms with Gasteiger partial charge in [-0.2, -0.15) is 0 Å². The molecule has 0 unspecified atom stereocenters. The van der Waals surface area contributed by atoms with Gasteiger partial charge in [-0.25, -0.2) is 0 Å². The minimum atomic E-state index is 0.647. The molecule has 4 nitrogen and oxygen atoms in total. The fourth-order valence-electron chi connectivity index (χ4n) is 4.46. The number of allylic oxidation sites excluding steroid dienone is 1. The third-order valence-electron chi connectivity index (χ3n) is 5.70. The molecular weight excluding hydrogens is 358 g/mol. The number of rotatable bonds is 5. The molecule has 144 valence electrons. The number of aromatic nitrogens is 2. The number of nitrogens with two attached hydrogens (primary N) is 1. The first-order valence-corrected chi connectivity index (χ1v) is 9.93. The maximum Gasteiger partial charge on any atom is 0.242 e. The van der Waals surface area contributed by atoms with Crippen LogP contribution in [0.25, 0.3) is 34.5 Å². The molecule has 5 rings (SSSR count). The molecule has 4 heteroatoms. The lowest BCUT2D eigenvalue weighted by Gasteiger charge is -2.07. The fraction of sp³-hybridized carbons (Fsp3) is 0.160. The molecule has 0 saturated carbocycles. The van der Waals surface area contributed by atoms with Crippen LogP contribution in [0.3, 0.4) is 0 Å². The van der Waals surface area contributed by atoms with Crippen LogP contribution in [-0.2, 0) is 6.42 Å². The molecule has 0 fully saturated rings. The molecule has 1 aliphatic heterocycles. The maximum atomic E-state index is 5.90. The van der Waals surface area contributed by atoms with Gasteiger partial charge >= 0.3 is 0 Å². The average Bonchev–Trinajstić information content (AvgIpc) is 3.41. The number of nitrogens with zero attached hydrogens (tertiary/aromatic N) is 2. The van der Waals surface area contributed by atoms with E-state index in [-0.39, 0.29) is 0 Å². The Labute approximate surface area is 169 Å². The van der Waals surface area contributed by atoms with Crippen molar-refractivity contribution in [2.24, 2.45) is 5.73 Å². The lowest BCUT2D eigenvalue weighted by molar-refractivity contribution is -0.583. The highest BCUT2D eigenvalue weighted by Crippen LogP contribution is 2.30. The Hall–Kier alpha value is -3.37. The van der Waals surface area contributed by atoms with E-state index in [2.05, 4.69) is 76.6 Å². The monoisotopic (exact) mass is 382 g/mol. The first-order chi connectivity index (χ1) is 14.2. The van der Waals surface area contributed by atoms with E-state index >= 15 is 0 Å². The molecule has 2 aromatic heterocycles. The summed E-state index contributed by atoms with van der Waals surface area (Å²) in [7, 11) is 1.72. The summed E-state index contributed by atoms with van der Waals surface area (Å²) in [5, 5.41) is 2.31. The summed E-state index contributed by atoms with van der Waals surface area (Å²) < 4.78 is 10.0. The van der Waals surface area contributed by atoms with Crippen molar-refractivity contribution in [2.75, 3.05) is 13.7 Å². The van der Waals surface area contributed by atoms with Crippen molar-refractivity contribution in [3.8, 4) is 5.75 Å². The number of hydrogen-bond acceptors (Lipinski definition) is 2. The standard InChI is InChI=1S/C25H24N3O/c1-17-16-19(28-25(17)22(13-14-26)23-8-5-15-27(23)28)11-9-18-10-12-24(29-2)21-7-4-3-6-20(18)21/h3-12,15-16H,13-14,26H2,1-2H3/q+1/b11-9+. The van der Waals surface area contributed by atoms with E-state index in [4.69, 9.17) is 10.5 Å². The Morgan fingerprint density at radius 1 is 1.10 bits per heavy atom. The van der Waals surface area contributed by atoms with Crippen molar-refractivity contribution in [1.29, 1.82) is 0 Å². The van der Waals surface area contributed by atoms with Crippen molar-refractivity contribution in [3.63, 3.8) is 0 Å². The number of aryl methyl sites for hydroxylation is 1. The van der Waals surface area contributed by atoms with Crippen molar-refractivity contribution >= 4 is 34.5 Å². The highest BCUT2D eigenvalue weighted by Gasteiger charge is 2.26. The second-order valence-electron chi connectivity index (χ2n) is 7.40. The van der Waals surface area contributed by atoms with Crippen molar-refractivity contribution < 1.29 is 9.09 Å². The molecule has 0 radical (unpaired) electrons. The molecule has 0 bridgehead atoms. The zero-order chi connectivity index (χ0) is 20.0. The van der Waals surface area contributed by atoms with Gasteiger partial charge in [0.15, 0.2) is 0 Å². The Balaban J connectivity index is 1.67. The molecule has 29 heavy (non-hydrogen) atoms. The van der Waals surface area contributed by atoms with E-state index in [1.807, 2.05) is 12.1 Å². The van der Waals surface area contributed by atoms with Crippen LogP contribution in [0.5, 0.6) is 5.75 Å². The fourth-order valence-corrected chi connectivity index (χ4v) is 4.46. The average molecular weight is 382 g/mol. The third kappa shape index (κ3) is 2.68. The molecule has 0 aliphatic carbocycles. The largest absolute Gasteiger partial charge is 0.496 e. The van der Waals surface area contributed by atoms with Gasteiger partial charge in [0.2, 0.25) is 11.9 Å². The van der Waals surface area contributed by atoms with Crippen molar-refractivity contribution in [1.82, 2.24) is 4.52 Å². The zero-order valence-corrected chi connectivity index (χ0v) is 16.7. The lowest BCUT2D eigenvalue weighted by Crippen LogP contribution is -2.24. The summed E-state index contributed by atoms with van der Waals surface area (Å²) in [6, 6.07) is 14.8. The van der Waals surface area contributed by atoms with Gasteiger partial charge in [-0.3, -0.25) is 0 Å². The van der Waals surface area contributed by atoms with E-state index in [1.54, 1.807) is 7.11 Å². The second-order valence-corrected chi connectivity index (χ2v) is 7.40. The van der Waals surface area contributed by atoms with Crippen LogP contribution in [0, 0.1) is 13.1 Å². The summed E-state index contributed by atoms with van der Waals surface area (Å²) in [5.41, 5.74) is 13.3. The first kappa shape index (κ1) is 17.7. The number of fused-ring (bicyclic) bond motifs is 4. The van der Waals surface area contributed by atoms with E-state index in [1.165, 1.54) is 33.3 Å². The quantitative estimate of drug-likeness (QED) is 0.528. The van der Waals surface area contributed by atoms with Crippen LogP contribution in [0.15, 0.2) is 48.5 Å². The third-order valence-corrected chi connectivity index (χ3v) is 5.70. The van der Waals surface area contributed by atoms with Crippen LogP contribution in [0.4, 0.5) is 0 Å².